The molecule has 19 heteroatoms. The van der Waals surface area contributed by atoms with Gasteiger partial charge in [0.1, 0.15) is 35.3 Å². The molecule has 2 saturated carbocycles. The van der Waals surface area contributed by atoms with E-state index in [1.165, 1.54) is 26.2 Å². The fraction of sp³-hybridized carbons (Fsp3) is 0.625. The molecule has 0 radical (unpaired) electrons. The number of carbonyl (C=O) groups is 4. The third kappa shape index (κ3) is 8.94. The number of aromatic nitrogens is 1. The number of methoxy groups -OCH3 is 1. The van der Waals surface area contributed by atoms with Gasteiger partial charge >= 0.3 is 12.3 Å². The van der Waals surface area contributed by atoms with E-state index in [9.17, 15) is 45.2 Å². The Balaban J connectivity index is 1.38. The quantitative estimate of drug-likeness (QED) is 0.217. The van der Waals surface area contributed by atoms with Crippen molar-refractivity contribution in [3.05, 3.63) is 42.4 Å². The van der Waals surface area contributed by atoms with Crippen LogP contribution in [0.15, 0.2) is 36.5 Å². The average molecular weight is 854 g/mol. The van der Waals surface area contributed by atoms with Crippen LogP contribution in [0.5, 0.6) is 11.6 Å². The number of sulfonamides is 1. The van der Waals surface area contributed by atoms with Crippen molar-refractivity contribution in [2.45, 2.75) is 126 Å². The molecule has 2 aromatic rings. The number of hydrogen-bond acceptors (Lipinski definition) is 10. The first kappa shape index (κ1) is 43.9. The summed E-state index contributed by atoms with van der Waals surface area (Å²) in [5, 5.41) is 5.54. The summed E-state index contributed by atoms with van der Waals surface area (Å²) in [6, 6.07) is 1.69. The zero-order valence-electron chi connectivity index (χ0n) is 33.8. The minimum atomic E-state index is -4.94. The van der Waals surface area contributed by atoms with E-state index in [1.807, 2.05) is 13.0 Å². The first-order valence-corrected chi connectivity index (χ1v) is 21.2. The Morgan fingerprint density at radius 3 is 2.47 bits per heavy atom. The van der Waals surface area contributed by atoms with Gasteiger partial charge in [-0.15, -0.1) is 0 Å². The van der Waals surface area contributed by atoms with Gasteiger partial charge in [-0.3, -0.25) is 19.1 Å². The van der Waals surface area contributed by atoms with Crippen molar-refractivity contribution in [3.63, 3.8) is 0 Å². The Bertz CT molecular complexity index is 2130. The topological polar surface area (TPSA) is 182 Å². The lowest BCUT2D eigenvalue weighted by molar-refractivity contribution is -0.244. The highest BCUT2D eigenvalue weighted by atomic mass is 32.2. The zero-order chi connectivity index (χ0) is 43.3. The summed E-state index contributed by atoms with van der Waals surface area (Å²) in [6.45, 7) is 6.28. The molecule has 6 rings (SSSR count). The first-order chi connectivity index (χ1) is 27.5. The number of pyridine rings is 1. The van der Waals surface area contributed by atoms with Crippen LogP contribution in [-0.2, 0) is 29.1 Å². The van der Waals surface area contributed by atoms with Gasteiger partial charge in [0.15, 0.2) is 0 Å². The van der Waals surface area contributed by atoms with Crippen LogP contribution in [0, 0.1) is 23.6 Å². The molecule has 3 N–H and O–H groups in total. The summed E-state index contributed by atoms with van der Waals surface area (Å²) < 4.78 is 100. The number of hydrogen-bond donors (Lipinski definition) is 3. The largest absolute Gasteiger partial charge is 0.497 e. The van der Waals surface area contributed by atoms with Gasteiger partial charge in [-0.05, 0) is 89.3 Å². The van der Waals surface area contributed by atoms with Crippen LogP contribution < -0.4 is 24.8 Å². The molecule has 3 fully saturated rings. The maximum absolute atomic E-state index is 14.9. The third-order valence-electron chi connectivity index (χ3n) is 12.2. The molecule has 324 valence electrons. The molecule has 3 heterocycles. The van der Waals surface area contributed by atoms with E-state index >= 15 is 0 Å². The van der Waals surface area contributed by atoms with Crippen LogP contribution in [0.4, 0.5) is 22.4 Å². The fourth-order valence-corrected chi connectivity index (χ4v) is 9.11. The first-order valence-electron chi connectivity index (χ1n) is 19.8. The molecule has 2 aliphatic heterocycles. The molecule has 7 unspecified atom stereocenters. The van der Waals surface area contributed by atoms with Crippen molar-refractivity contribution in [3.8, 4) is 11.6 Å². The second kappa shape index (κ2) is 16.1. The number of halogens is 4. The molecule has 14 nitrogen and oxygen atoms in total. The molecule has 0 bridgehead atoms. The SMILES string of the molecule is CCC1CC(C)CCC=CC2CC2(C(=O)NS(=O)(=O)C2(C)CC2)NC(=O)C2CC(Oc3ncc(F)c4cc(OC)ccc34)CN2C(=O)C1NC(=O)OC(C)(C)C(F)(F)F. The summed E-state index contributed by atoms with van der Waals surface area (Å²) in [6.07, 6.45) is -0.489. The molecule has 2 aliphatic carbocycles. The lowest BCUT2D eigenvalue weighted by atomic mass is 9.85. The van der Waals surface area contributed by atoms with Crippen molar-refractivity contribution in [1.82, 2.24) is 25.2 Å². The van der Waals surface area contributed by atoms with Crippen molar-refractivity contribution in [2.24, 2.45) is 17.8 Å². The number of allylic oxidation sites excluding steroid dienone is 1. The van der Waals surface area contributed by atoms with Crippen LogP contribution in [0.3, 0.4) is 0 Å². The van der Waals surface area contributed by atoms with E-state index in [0.29, 0.717) is 58.1 Å². The minimum absolute atomic E-state index is 0.0282. The predicted molar refractivity (Wildman–Crippen MR) is 206 cm³/mol. The van der Waals surface area contributed by atoms with Crippen LogP contribution in [-0.4, -0.2) is 96.0 Å². The number of nitrogens with one attached hydrogen (secondary N) is 3. The number of nitrogens with zero attached hydrogens (tertiary/aromatic N) is 2. The smallest absolute Gasteiger partial charge is 0.427 e. The van der Waals surface area contributed by atoms with Gasteiger partial charge in [0.2, 0.25) is 33.3 Å². The Morgan fingerprint density at radius 1 is 1.12 bits per heavy atom. The molecule has 59 heavy (non-hydrogen) atoms. The molecule has 0 spiro atoms. The van der Waals surface area contributed by atoms with E-state index in [4.69, 9.17) is 14.2 Å². The Morgan fingerprint density at radius 2 is 1.83 bits per heavy atom. The Hall–Kier alpha value is -4.68. The fourth-order valence-electron chi connectivity index (χ4n) is 7.80. The van der Waals surface area contributed by atoms with Crippen molar-refractivity contribution in [2.75, 3.05) is 13.7 Å². The van der Waals surface area contributed by atoms with Crippen molar-refractivity contribution < 1.29 is 59.4 Å². The van der Waals surface area contributed by atoms with E-state index in [0.717, 1.165) is 11.1 Å². The van der Waals surface area contributed by atoms with Crippen LogP contribution >= 0.6 is 0 Å². The van der Waals surface area contributed by atoms with Crippen LogP contribution in [0.1, 0.15) is 86.0 Å². The highest BCUT2D eigenvalue weighted by Crippen LogP contribution is 2.48. The van der Waals surface area contributed by atoms with Crippen molar-refractivity contribution in [1.29, 1.82) is 0 Å². The molecule has 1 saturated heterocycles. The van der Waals surface area contributed by atoms with Crippen LogP contribution in [0.2, 0.25) is 0 Å². The summed E-state index contributed by atoms with van der Waals surface area (Å²) in [7, 11) is -2.69. The van der Waals surface area contributed by atoms with Gasteiger partial charge in [-0.25, -0.2) is 22.6 Å². The average Bonchev–Trinajstić information content (AvgIpc) is 4.04. The number of fused-ring (bicyclic) bond motifs is 3. The van der Waals surface area contributed by atoms with Gasteiger partial charge in [0, 0.05) is 23.1 Å². The molecule has 1 aromatic carbocycles. The number of rotatable bonds is 9. The van der Waals surface area contributed by atoms with Gasteiger partial charge in [-0.1, -0.05) is 32.4 Å². The number of amides is 4. The molecule has 1 aromatic heterocycles. The van der Waals surface area contributed by atoms with E-state index in [-0.39, 0.29) is 42.0 Å². The second-order valence-corrected chi connectivity index (χ2v) is 19.2. The number of benzene rings is 1. The lowest BCUT2D eigenvalue weighted by Crippen LogP contribution is -2.60. The number of ether oxygens (including phenoxy) is 3. The van der Waals surface area contributed by atoms with E-state index in [1.54, 1.807) is 19.1 Å². The summed E-state index contributed by atoms with van der Waals surface area (Å²) in [5.41, 5.74) is -4.60. The van der Waals surface area contributed by atoms with E-state index < -0.39 is 91.7 Å². The number of carbonyl (C=O) groups excluding carboxylic acids is 4. The summed E-state index contributed by atoms with van der Waals surface area (Å²) in [4.78, 5) is 61.8. The Labute approximate surface area is 340 Å². The highest BCUT2D eigenvalue weighted by Gasteiger charge is 2.63. The lowest BCUT2D eigenvalue weighted by Gasteiger charge is -2.35. The monoisotopic (exact) mass is 853 g/mol. The second-order valence-electron chi connectivity index (χ2n) is 17.0. The van der Waals surface area contributed by atoms with Gasteiger partial charge in [0.25, 0.3) is 5.91 Å². The molecule has 4 aliphatic rings. The van der Waals surface area contributed by atoms with Crippen LogP contribution in [0.25, 0.3) is 10.8 Å². The molecular formula is C40H51F4N5O9S. The summed E-state index contributed by atoms with van der Waals surface area (Å²) in [5.74, 6) is -4.17. The Kier molecular flexibility index (Phi) is 11.9. The third-order valence-corrected chi connectivity index (χ3v) is 14.4. The predicted octanol–water partition coefficient (Wildman–Crippen LogP) is 5.44. The molecule has 4 amide bonds. The standard InChI is InChI=1S/C40H51F4N5O9S/c1-7-23-16-22(2)10-8-9-11-24-19-39(24,35(52)48-59(54,55)38(5)14-15-38)47-32(50)30-18-26(57-33-27-13-12-25(56-6)17-28(27)29(41)20-45-33)21-49(30)34(51)31(23)46-36(53)58-37(3,4)40(42,43)44/h9,11-13,17,20,22-24,26,30-31H,7-8,10,14-16,18-19,21H2,1-6H3,(H,46,53)(H,47,50)(H,48,52). The van der Waals surface area contributed by atoms with Gasteiger partial charge in [-0.2, -0.15) is 13.2 Å². The maximum Gasteiger partial charge on any atom is 0.427 e. The van der Waals surface area contributed by atoms with Crippen molar-refractivity contribution >= 4 is 44.6 Å². The van der Waals surface area contributed by atoms with E-state index in [2.05, 4.69) is 20.3 Å². The maximum atomic E-state index is 14.9. The highest BCUT2D eigenvalue weighted by molar-refractivity contribution is 7.91. The molecular weight excluding hydrogens is 803 g/mol. The number of alkyl halides is 3. The molecule has 7 atom stereocenters. The van der Waals surface area contributed by atoms with Gasteiger partial charge in [0.05, 0.1) is 24.6 Å². The normalized spacial score (nSPS) is 28.6. The zero-order valence-corrected chi connectivity index (χ0v) is 34.6. The van der Waals surface area contributed by atoms with Gasteiger partial charge < -0.3 is 29.7 Å². The summed E-state index contributed by atoms with van der Waals surface area (Å²) >= 11 is 0. The number of alkyl carbamates (subject to hydrolysis) is 1. The minimum Gasteiger partial charge on any atom is -0.497 e.